The summed E-state index contributed by atoms with van der Waals surface area (Å²) >= 11 is 0. The minimum Gasteiger partial charge on any atom is -0.298 e. The molecule has 1 heterocycles. The predicted octanol–water partition coefficient (Wildman–Crippen LogP) is 0.531. The van der Waals surface area contributed by atoms with Gasteiger partial charge in [-0.05, 0) is 12.5 Å². The number of carbonyl (C=O) groups is 1. The summed E-state index contributed by atoms with van der Waals surface area (Å²) < 4.78 is 1.33. The molecule has 0 bridgehead atoms. The minimum atomic E-state index is -0.368. The summed E-state index contributed by atoms with van der Waals surface area (Å²) in [6.07, 6.45) is 3.58. The standard InChI is InChI=1S/C9H12N2O2/c1-3-8(12)6-11-5-7(2)4-10-9(11)13/h4-5H,3,6H2,1-2H3. The number of rotatable bonds is 3. The Kier molecular flexibility index (Phi) is 2.95. The van der Waals surface area contributed by atoms with Crippen molar-refractivity contribution >= 4 is 5.78 Å². The Bertz CT molecular complexity index is 368. The van der Waals surface area contributed by atoms with Crippen molar-refractivity contribution in [2.45, 2.75) is 26.8 Å². The fourth-order valence-electron chi connectivity index (χ4n) is 0.981. The highest BCUT2D eigenvalue weighted by molar-refractivity contribution is 5.77. The van der Waals surface area contributed by atoms with Crippen LogP contribution < -0.4 is 5.69 Å². The molecule has 0 aliphatic carbocycles. The SMILES string of the molecule is CCC(=O)Cn1cc(C)cnc1=O. The molecule has 70 valence electrons. The van der Waals surface area contributed by atoms with E-state index in [-0.39, 0.29) is 18.0 Å². The van der Waals surface area contributed by atoms with Crippen LogP contribution in [0.15, 0.2) is 17.2 Å². The zero-order valence-corrected chi connectivity index (χ0v) is 7.78. The highest BCUT2D eigenvalue weighted by Gasteiger charge is 2.02. The van der Waals surface area contributed by atoms with Crippen molar-refractivity contribution in [1.82, 2.24) is 9.55 Å². The topological polar surface area (TPSA) is 52.0 Å². The summed E-state index contributed by atoms with van der Waals surface area (Å²) in [4.78, 5) is 25.8. The normalized spacial score (nSPS) is 10.0. The van der Waals surface area contributed by atoms with Gasteiger partial charge in [0.05, 0.1) is 6.54 Å². The third kappa shape index (κ3) is 2.50. The Balaban J connectivity index is 2.94. The monoisotopic (exact) mass is 180 g/mol. The summed E-state index contributed by atoms with van der Waals surface area (Å²) in [5, 5.41) is 0. The minimum absolute atomic E-state index is 0.0366. The van der Waals surface area contributed by atoms with Crippen LogP contribution in [0.25, 0.3) is 0 Å². The first-order valence-corrected chi connectivity index (χ1v) is 4.18. The Morgan fingerprint density at radius 3 is 2.92 bits per heavy atom. The zero-order chi connectivity index (χ0) is 9.84. The van der Waals surface area contributed by atoms with E-state index in [1.165, 1.54) is 10.8 Å². The van der Waals surface area contributed by atoms with Crippen molar-refractivity contribution in [3.63, 3.8) is 0 Å². The molecule has 0 spiro atoms. The molecular formula is C9H12N2O2. The van der Waals surface area contributed by atoms with Gasteiger partial charge in [0, 0.05) is 18.8 Å². The summed E-state index contributed by atoms with van der Waals surface area (Å²) in [5.74, 6) is 0.0366. The molecule has 0 N–H and O–H groups in total. The van der Waals surface area contributed by atoms with E-state index < -0.39 is 0 Å². The lowest BCUT2D eigenvalue weighted by molar-refractivity contribution is -0.119. The maximum atomic E-state index is 11.1. The summed E-state index contributed by atoms with van der Waals surface area (Å²) in [7, 11) is 0. The molecule has 1 rings (SSSR count). The van der Waals surface area contributed by atoms with Gasteiger partial charge in [-0.25, -0.2) is 9.78 Å². The maximum absolute atomic E-state index is 11.1. The lowest BCUT2D eigenvalue weighted by Crippen LogP contribution is -2.25. The van der Waals surface area contributed by atoms with E-state index in [9.17, 15) is 9.59 Å². The van der Waals surface area contributed by atoms with E-state index >= 15 is 0 Å². The first kappa shape index (κ1) is 9.64. The Morgan fingerprint density at radius 1 is 1.62 bits per heavy atom. The van der Waals surface area contributed by atoms with E-state index in [2.05, 4.69) is 4.98 Å². The Morgan fingerprint density at radius 2 is 2.31 bits per heavy atom. The van der Waals surface area contributed by atoms with Gasteiger partial charge in [-0.1, -0.05) is 6.92 Å². The van der Waals surface area contributed by atoms with Gasteiger partial charge >= 0.3 is 5.69 Å². The van der Waals surface area contributed by atoms with Crippen molar-refractivity contribution in [1.29, 1.82) is 0 Å². The van der Waals surface area contributed by atoms with Gasteiger partial charge in [0.15, 0.2) is 5.78 Å². The second-order valence-electron chi connectivity index (χ2n) is 2.93. The van der Waals surface area contributed by atoms with Gasteiger partial charge in [-0.2, -0.15) is 0 Å². The Hall–Kier alpha value is -1.45. The van der Waals surface area contributed by atoms with E-state index in [0.717, 1.165) is 5.56 Å². The summed E-state index contributed by atoms with van der Waals surface area (Å²) in [5.41, 5.74) is 0.510. The number of aryl methyl sites for hydroxylation is 1. The van der Waals surface area contributed by atoms with Gasteiger partial charge in [0.25, 0.3) is 0 Å². The molecule has 0 unspecified atom stereocenters. The molecule has 0 atom stereocenters. The van der Waals surface area contributed by atoms with Crippen molar-refractivity contribution in [3.05, 3.63) is 28.4 Å². The maximum Gasteiger partial charge on any atom is 0.347 e. The molecule has 4 nitrogen and oxygen atoms in total. The molecule has 0 fully saturated rings. The van der Waals surface area contributed by atoms with Gasteiger partial charge in [0.1, 0.15) is 0 Å². The third-order valence-corrected chi connectivity index (χ3v) is 1.72. The van der Waals surface area contributed by atoms with Crippen LogP contribution in [0, 0.1) is 6.92 Å². The smallest absolute Gasteiger partial charge is 0.298 e. The molecule has 0 saturated heterocycles. The predicted molar refractivity (Wildman–Crippen MR) is 48.5 cm³/mol. The first-order valence-electron chi connectivity index (χ1n) is 4.18. The molecular weight excluding hydrogens is 168 g/mol. The van der Waals surface area contributed by atoms with Gasteiger partial charge in [-0.15, -0.1) is 0 Å². The lowest BCUT2D eigenvalue weighted by atomic mass is 10.3. The molecule has 0 radical (unpaired) electrons. The number of aromatic nitrogens is 2. The second kappa shape index (κ2) is 3.98. The molecule has 1 aromatic rings. The molecule has 0 aliphatic heterocycles. The van der Waals surface area contributed by atoms with E-state index in [0.29, 0.717) is 6.42 Å². The van der Waals surface area contributed by atoms with E-state index in [4.69, 9.17) is 0 Å². The lowest BCUT2D eigenvalue weighted by Gasteiger charge is -2.02. The molecule has 4 heteroatoms. The fourth-order valence-corrected chi connectivity index (χ4v) is 0.981. The number of carbonyl (C=O) groups excluding carboxylic acids is 1. The highest BCUT2D eigenvalue weighted by Crippen LogP contribution is 1.91. The first-order chi connectivity index (χ1) is 6.13. The number of ketones is 1. The van der Waals surface area contributed by atoms with Crippen molar-refractivity contribution in [3.8, 4) is 0 Å². The number of hydrogen-bond donors (Lipinski definition) is 0. The average Bonchev–Trinajstić information content (AvgIpc) is 2.11. The quantitative estimate of drug-likeness (QED) is 0.681. The molecule has 0 aromatic carbocycles. The number of hydrogen-bond acceptors (Lipinski definition) is 3. The van der Waals surface area contributed by atoms with Gasteiger partial charge in [0.2, 0.25) is 0 Å². The zero-order valence-electron chi connectivity index (χ0n) is 7.78. The molecule has 0 aliphatic rings. The van der Waals surface area contributed by atoms with Crippen molar-refractivity contribution < 1.29 is 4.79 Å². The van der Waals surface area contributed by atoms with Crippen LogP contribution in [0.4, 0.5) is 0 Å². The molecule has 0 saturated carbocycles. The van der Waals surface area contributed by atoms with Gasteiger partial charge in [-0.3, -0.25) is 9.36 Å². The highest BCUT2D eigenvalue weighted by atomic mass is 16.1. The molecule has 0 amide bonds. The second-order valence-corrected chi connectivity index (χ2v) is 2.93. The molecule has 13 heavy (non-hydrogen) atoms. The van der Waals surface area contributed by atoms with Crippen LogP contribution in [0.2, 0.25) is 0 Å². The van der Waals surface area contributed by atoms with Crippen LogP contribution >= 0.6 is 0 Å². The largest absolute Gasteiger partial charge is 0.347 e. The third-order valence-electron chi connectivity index (χ3n) is 1.72. The van der Waals surface area contributed by atoms with Crippen LogP contribution in [-0.4, -0.2) is 15.3 Å². The van der Waals surface area contributed by atoms with Crippen LogP contribution in [0.3, 0.4) is 0 Å². The fraction of sp³-hybridized carbons (Fsp3) is 0.444. The van der Waals surface area contributed by atoms with Crippen LogP contribution in [0.5, 0.6) is 0 Å². The van der Waals surface area contributed by atoms with E-state index in [1.54, 1.807) is 13.1 Å². The number of Topliss-reactive ketones (excluding diaryl/α,β-unsaturated/α-hetero) is 1. The number of nitrogens with zero attached hydrogens (tertiary/aromatic N) is 2. The van der Waals surface area contributed by atoms with Crippen LogP contribution in [0.1, 0.15) is 18.9 Å². The van der Waals surface area contributed by atoms with Crippen LogP contribution in [-0.2, 0) is 11.3 Å². The molecule has 1 aromatic heterocycles. The van der Waals surface area contributed by atoms with E-state index in [1.807, 2.05) is 6.92 Å². The summed E-state index contributed by atoms with van der Waals surface area (Å²) in [6.45, 7) is 3.74. The summed E-state index contributed by atoms with van der Waals surface area (Å²) in [6, 6.07) is 0. The van der Waals surface area contributed by atoms with Crippen molar-refractivity contribution in [2.75, 3.05) is 0 Å². The Labute approximate surface area is 76.2 Å². The van der Waals surface area contributed by atoms with Gasteiger partial charge < -0.3 is 0 Å². The van der Waals surface area contributed by atoms with Crippen molar-refractivity contribution in [2.24, 2.45) is 0 Å². The average molecular weight is 180 g/mol.